The number of halogens is 3. The molecule has 1 nitrogen and oxygen atoms in total. The van der Waals surface area contributed by atoms with Crippen molar-refractivity contribution in [2.24, 2.45) is 23.7 Å². The summed E-state index contributed by atoms with van der Waals surface area (Å²) in [4.78, 5) is 0. The van der Waals surface area contributed by atoms with Gasteiger partial charge in [0.15, 0.2) is 17.5 Å². The number of hydrogen-bond acceptors (Lipinski definition) is 1. The fraction of sp³-hybridized carbons (Fsp3) is 0.769. The molecule has 0 bridgehead atoms. The van der Waals surface area contributed by atoms with Gasteiger partial charge in [0.2, 0.25) is 0 Å². The van der Waals surface area contributed by atoms with Crippen LogP contribution in [-0.2, 0) is 4.74 Å². The van der Waals surface area contributed by atoms with E-state index in [-0.39, 0.29) is 5.92 Å². The smallest absolute Gasteiger partial charge is 0.194 e. The molecule has 0 radical (unpaired) electrons. The Bertz CT molecular complexity index is 659. The molecule has 0 amide bonds. The molecule has 1 aliphatic heterocycles. The third kappa shape index (κ3) is 5.06. The topological polar surface area (TPSA) is 9.23 Å². The number of benzene rings is 1. The van der Waals surface area contributed by atoms with Crippen molar-refractivity contribution in [3.63, 3.8) is 0 Å². The highest BCUT2D eigenvalue weighted by Crippen LogP contribution is 2.45. The number of hydrogen-bond donors (Lipinski definition) is 0. The van der Waals surface area contributed by atoms with Crippen LogP contribution in [0.1, 0.15) is 95.5 Å². The Morgan fingerprint density at radius 1 is 0.767 bits per heavy atom. The lowest BCUT2D eigenvalue weighted by Crippen LogP contribution is -2.35. The van der Waals surface area contributed by atoms with Gasteiger partial charge < -0.3 is 4.74 Å². The van der Waals surface area contributed by atoms with Crippen LogP contribution in [0.5, 0.6) is 0 Å². The fourth-order valence-electron chi connectivity index (χ4n) is 6.56. The van der Waals surface area contributed by atoms with Crippen LogP contribution in [0.2, 0.25) is 0 Å². The summed E-state index contributed by atoms with van der Waals surface area (Å²) in [6.07, 6.45) is 15.0. The molecule has 1 aromatic rings. The first-order valence-corrected chi connectivity index (χ1v) is 12.3. The van der Waals surface area contributed by atoms with Crippen LogP contribution in [-0.4, -0.2) is 12.7 Å². The predicted octanol–water partition coefficient (Wildman–Crippen LogP) is 7.78. The fourth-order valence-corrected chi connectivity index (χ4v) is 6.56. The Kier molecular flexibility index (Phi) is 7.44. The summed E-state index contributed by atoms with van der Waals surface area (Å²) in [6.45, 7) is 3.23. The molecule has 0 spiro atoms. The Labute approximate surface area is 179 Å². The van der Waals surface area contributed by atoms with Crippen LogP contribution in [0.15, 0.2) is 12.1 Å². The van der Waals surface area contributed by atoms with E-state index in [1.807, 2.05) is 0 Å². The third-order valence-electron chi connectivity index (χ3n) is 8.36. The van der Waals surface area contributed by atoms with Gasteiger partial charge in [-0.3, -0.25) is 0 Å². The Morgan fingerprint density at radius 3 is 1.87 bits per heavy atom. The minimum Gasteiger partial charge on any atom is -0.378 e. The van der Waals surface area contributed by atoms with Gasteiger partial charge in [0.1, 0.15) is 0 Å². The predicted molar refractivity (Wildman–Crippen MR) is 114 cm³/mol. The molecular formula is C26H37F3O. The van der Waals surface area contributed by atoms with Crippen molar-refractivity contribution in [3.05, 3.63) is 35.1 Å². The van der Waals surface area contributed by atoms with Crippen LogP contribution >= 0.6 is 0 Å². The average Bonchev–Trinajstić information content (AvgIpc) is 2.78. The largest absolute Gasteiger partial charge is 0.378 e. The molecule has 1 aromatic carbocycles. The van der Waals surface area contributed by atoms with Gasteiger partial charge in [0.05, 0.1) is 6.10 Å². The zero-order chi connectivity index (χ0) is 21.1. The summed E-state index contributed by atoms with van der Waals surface area (Å²) in [5.41, 5.74) is 0.629. The maximum Gasteiger partial charge on any atom is 0.194 e. The molecule has 2 unspecified atom stereocenters. The summed E-state index contributed by atoms with van der Waals surface area (Å²) >= 11 is 0. The molecule has 4 heteroatoms. The van der Waals surface area contributed by atoms with Crippen molar-refractivity contribution >= 4 is 0 Å². The van der Waals surface area contributed by atoms with Gasteiger partial charge in [-0.25, -0.2) is 13.2 Å². The van der Waals surface area contributed by atoms with Crippen LogP contribution in [0.25, 0.3) is 0 Å². The average molecular weight is 423 g/mol. The summed E-state index contributed by atoms with van der Waals surface area (Å²) < 4.78 is 46.7. The van der Waals surface area contributed by atoms with E-state index in [0.29, 0.717) is 11.7 Å². The molecule has 0 aromatic heterocycles. The van der Waals surface area contributed by atoms with Crippen molar-refractivity contribution in [1.29, 1.82) is 0 Å². The van der Waals surface area contributed by atoms with E-state index < -0.39 is 17.5 Å². The van der Waals surface area contributed by atoms with Gasteiger partial charge in [-0.1, -0.05) is 13.3 Å². The lowest BCUT2D eigenvalue weighted by Gasteiger charge is -2.41. The summed E-state index contributed by atoms with van der Waals surface area (Å²) in [7, 11) is 0. The van der Waals surface area contributed by atoms with Crippen LogP contribution in [0, 0.1) is 41.1 Å². The Balaban J connectivity index is 1.22. The molecule has 1 saturated heterocycles. The van der Waals surface area contributed by atoms with Gasteiger partial charge in [0.25, 0.3) is 0 Å². The molecule has 0 N–H and O–H groups in total. The van der Waals surface area contributed by atoms with Crippen molar-refractivity contribution < 1.29 is 17.9 Å². The summed E-state index contributed by atoms with van der Waals surface area (Å²) in [5, 5.41) is 0. The Morgan fingerprint density at radius 2 is 1.33 bits per heavy atom. The normalized spacial score (nSPS) is 35.3. The van der Waals surface area contributed by atoms with E-state index in [2.05, 4.69) is 6.92 Å². The van der Waals surface area contributed by atoms with Crippen LogP contribution in [0.3, 0.4) is 0 Å². The second kappa shape index (κ2) is 10.1. The number of rotatable bonds is 5. The molecule has 2 atom stereocenters. The highest BCUT2D eigenvalue weighted by atomic mass is 19.2. The van der Waals surface area contributed by atoms with Gasteiger partial charge >= 0.3 is 0 Å². The van der Waals surface area contributed by atoms with E-state index in [1.54, 1.807) is 0 Å². The summed E-state index contributed by atoms with van der Waals surface area (Å²) in [6, 6.07) is 2.40. The lowest BCUT2D eigenvalue weighted by molar-refractivity contribution is -0.0617. The highest BCUT2D eigenvalue weighted by Gasteiger charge is 2.35. The van der Waals surface area contributed by atoms with Gasteiger partial charge in [-0.15, -0.1) is 0 Å². The third-order valence-corrected chi connectivity index (χ3v) is 8.36. The first-order valence-electron chi connectivity index (χ1n) is 12.3. The molecule has 2 aliphatic carbocycles. The molecule has 30 heavy (non-hydrogen) atoms. The van der Waals surface area contributed by atoms with E-state index >= 15 is 0 Å². The van der Waals surface area contributed by atoms with Crippen molar-refractivity contribution in [3.8, 4) is 0 Å². The van der Waals surface area contributed by atoms with Crippen molar-refractivity contribution in [2.45, 2.75) is 96.0 Å². The maximum atomic E-state index is 13.6. The zero-order valence-corrected chi connectivity index (χ0v) is 18.4. The standard InChI is InChI=1S/C26H37F3O/c1-2-3-17-4-13-25(30-16-17)21-11-9-19(10-12-21)18-5-7-20(8-6-18)22-14-23(27)26(29)24(28)15-22/h14-15,17-21,25H,2-13,16H2,1H3. The molecule has 2 saturated carbocycles. The minimum atomic E-state index is -1.35. The molecule has 4 rings (SSSR count). The van der Waals surface area contributed by atoms with E-state index in [4.69, 9.17) is 4.74 Å². The zero-order valence-electron chi connectivity index (χ0n) is 18.4. The first-order chi connectivity index (χ1) is 14.5. The monoisotopic (exact) mass is 422 g/mol. The molecule has 168 valence electrons. The van der Waals surface area contributed by atoms with Gasteiger partial charge in [0, 0.05) is 6.61 Å². The van der Waals surface area contributed by atoms with Gasteiger partial charge in [-0.2, -0.15) is 0 Å². The second-order valence-corrected chi connectivity index (χ2v) is 10.2. The van der Waals surface area contributed by atoms with Crippen molar-refractivity contribution in [2.75, 3.05) is 6.61 Å². The van der Waals surface area contributed by atoms with Crippen molar-refractivity contribution in [1.82, 2.24) is 0 Å². The maximum absolute atomic E-state index is 13.6. The number of ether oxygens (including phenoxy) is 1. The highest BCUT2D eigenvalue weighted by molar-refractivity contribution is 5.23. The SMILES string of the molecule is CCCC1CCC(C2CCC(C3CCC(c4cc(F)c(F)c(F)c4)CC3)CC2)OC1. The molecule has 3 fully saturated rings. The van der Waals surface area contributed by atoms with Gasteiger partial charge in [-0.05, 0) is 118 Å². The quantitative estimate of drug-likeness (QED) is 0.440. The molecular weight excluding hydrogens is 385 g/mol. The van der Waals surface area contributed by atoms with E-state index in [1.165, 1.54) is 63.5 Å². The summed E-state index contributed by atoms with van der Waals surface area (Å²) in [5.74, 6) is -0.265. The first kappa shape index (κ1) is 22.2. The second-order valence-electron chi connectivity index (χ2n) is 10.2. The van der Waals surface area contributed by atoms with Crippen LogP contribution in [0.4, 0.5) is 13.2 Å². The minimum absolute atomic E-state index is 0.161. The Hall–Kier alpha value is -1.03. The molecule has 3 aliphatic rings. The van der Waals surface area contributed by atoms with E-state index in [0.717, 1.165) is 56.0 Å². The lowest BCUT2D eigenvalue weighted by atomic mass is 9.67. The molecule has 1 heterocycles. The van der Waals surface area contributed by atoms with E-state index in [9.17, 15) is 13.2 Å². The van der Waals surface area contributed by atoms with Crippen LogP contribution < -0.4 is 0 Å².